The molecule has 0 saturated carbocycles. The summed E-state index contributed by atoms with van der Waals surface area (Å²) in [6, 6.07) is 2.32. The minimum Gasteiger partial charge on any atom is -0.547 e. The number of hydrogen-bond acceptors (Lipinski definition) is 3. The second-order valence-electron chi connectivity index (χ2n) is 5.69. The third kappa shape index (κ3) is 3.29. The van der Waals surface area contributed by atoms with Crippen molar-refractivity contribution < 1.29 is 4.43 Å². The van der Waals surface area contributed by atoms with Crippen LogP contribution < -0.4 is 0 Å². The van der Waals surface area contributed by atoms with Gasteiger partial charge in [0.25, 0.3) is 0 Å². The molecule has 0 fully saturated rings. The van der Waals surface area contributed by atoms with E-state index in [2.05, 4.69) is 46.0 Å². The number of rotatable bonds is 2. The number of thioether (sulfide) groups is 1. The molecule has 1 aliphatic heterocycles. The first-order chi connectivity index (χ1) is 7.26. The molecule has 0 N–H and O–H groups in total. The maximum atomic E-state index is 8.92. The van der Waals surface area contributed by atoms with Crippen LogP contribution in [0.3, 0.4) is 0 Å². The Labute approximate surface area is 104 Å². The topological polar surface area (TPSA) is 33.0 Å². The van der Waals surface area contributed by atoms with Gasteiger partial charge < -0.3 is 4.43 Å². The molecule has 1 aliphatic rings. The molecule has 1 rings (SSSR count). The molecule has 0 spiro atoms. The molecule has 0 radical (unpaired) electrons. The van der Waals surface area contributed by atoms with Gasteiger partial charge in [0.2, 0.25) is 8.32 Å². The predicted molar refractivity (Wildman–Crippen MR) is 72.8 cm³/mol. The number of nitriles is 1. The van der Waals surface area contributed by atoms with Gasteiger partial charge in [0, 0.05) is 12.2 Å². The molecule has 16 heavy (non-hydrogen) atoms. The van der Waals surface area contributed by atoms with E-state index in [1.807, 2.05) is 0 Å². The Morgan fingerprint density at radius 1 is 1.50 bits per heavy atom. The van der Waals surface area contributed by atoms with Crippen LogP contribution in [0, 0.1) is 11.3 Å². The molecular formula is C12H21NOSSi. The van der Waals surface area contributed by atoms with Crippen molar-refractivity contribution >= 4 is 20.1 Å². The second kappa shape index (κ2) is 4.85. The van der Waals surface area contributed by atoms with Gasteiger partial charge in [-0.2, -0.15) is 5.26 Å². The summed E-state index contributed by atoms with van der Waals surface area (Å²) in [4.78, 5) is 0. The lowest BCUT2D eigenvalue weighted by atomic mass is 10.2. The highest BCUT2D eigenvalue weighted by molar-refractivity contribution is 8.00. The highest BCUT2D eigenvalue weighted by Crippen LogP contribution is 2.39. The lowest BCUT2D eigenvalue weighted by Gasteiger charge is -2.38. The van der Waals surface area contributed by atoms with Crippen LogP contribution in [0.5, 0.6) is 0 Å². The van der Waals surface area contributed by atoms with Crippen LogP contribution in [0.4, 0.5) is 0 Å². The fourth-order valence-corrected chi connectivity index (χ4v) is 3.23. The van der Waals surface area contributed by atoms with E-state index in [0.717, 1.165) is 17.9 Å². The summed E-state index contributed by atoms with van der Waals surface area (Å²) < 4.78 is 6.21. The highest BCUT2D eigenvalue weighted by Gasteiger charge is 2.39. The first-order valence-electron chi connectivity index (χ1n) is 5.65. The third-order valence-electron chi connectivity index (χ3n) is 3.33. The van der Waals surface area contributed by atoms with Gasteiger partial charge >= 0.3 is 0 Å². The zero-order valence-electron chi connectivity index (χ0n) is 10.8. The Kier molecular flexibility index (Phi) is 4.14. The molecule has 2 nitrogen and oxygen atoms in total. The molecule has 0 saturated heterocycles. The Morgan fingerprint density at radius 3 is 2.62 bits per heavy atom. The van der Waals surface area contributed by atoms with Crippen LogP contribution >= 0.6 is 11.8 Å². The molecule has 1 unspecified atom stereocenters. The summed E-state index contributed by atoms with van der Waals surface area (Å²) in [5.74, 6) is 1.94. The quantitative estimate of drug-likeness (QED) is 0.701. The third-order valence-corrected chi connectivity index (χ3v) is 8.75. The summed E-state index contributed by atoms with van der Waals surface area (Å²) in [7, 11) is -1.72. The van der Waals surface area contributed by atoms with E-state index in [9.17, 15) is 0 Å². The van der Waals surface area contributed by atoms with E-state index in [4.69, 9.17) is 9.69 Å². The molecule has 0 bridgehead atoms. The average Bonchev–Trinajstić information content (AvgIpc) is 2.15. The normalized spacial score (nSPS) is 22.2. The monoisotopic (exact) mass is 255 g/mol. The Bertz CT molecular complexity index is 325. The van der Waals surface area contributed by atoms with E-state index in [-0.39, 0.29) is 10.3 Å². The molecule has 0 aromatic heterocycles. The van der Waals surface area contributed by atoms with Crippen molar-refractivity contribution in [3.63, 3.8) is 0 Å². The van der Waals surface area contributed by atoms with E-state index in [1.54, 1.807) is 11.8 Å². The van der Waals surface area contributed by atoms with Gasteiger partial charge in [-0.25, -0.2) is 0 Å². The van der Waals surface area contributed by atoms with Crippen LogP contribution in [0.2, 0.25) is 18.1 Å². The molecule has 0 aromatic rings. The van der Waals surface area contributed by atoms with Crippen molar-refractivity contribution in [3.8, 4) is 6.07 Å². The van der Waals surface area contributed by atoms with Crippen LogP contribution in [0.1, 0.15) is 27.2 Å². The zero-order chi connectivity index (χ0) is 12.4. The average molecular weight is 255 g/mol. The van der Waals surface area contributed by atoms with E-state index < -0.39 is 8.32 Å². The Balaban J connectivity index is 2.69. The second-order valence-corrected chi connectivity index (χ2v) is 11.6. The molecule has 1 heterocycles. The van der Waals surface area contributed by atoms with Gasteiger partial charge in [0.15, 0.2) is 0 Å². The Hall–Kier alpha value is -0.403. The van der Waals surface area contributed by atoms with Crippen molar-refractivity contribution in [3.05, 3.63) is 11.8 Å². The van der Waals surface area contributed by atoms with E-state index >= 15 is 0 Å². The molecule has 4 heteroatoms. The zero-order valence-corrected chi connectivity index (χ0v) is 12.6. The van der Waals surface area contributed by atoms with Crippen molar-refractivity contribution in [2.45, 2.75) is 50.6 Å². The maximum Gasteiger partial charge on any atom is 0.250 e. The molecular weight excluding hydrogens is 234 g/mol. The summed E-state index contributed by atoms with van der Waals surface area (Å²) >= 11 is 1.70. The molecule has 0 aromatic carbocycles. The number of allylic oxidation sites excluding steroid dienone is 1. The van der Waals surface area contributed by atoms with Crippen molar-refractivity contribution in [1.82, 2.24) is 0 Å². The largest absolute Gasteiger partial charge is 0.547 e. The Morgan fingerprint density at radius 2 is 2.12 bits per heavy atom. The molecule has 90 valence electrons. The number of hydrogen-bond donors (Lipinski definition) is 0. The fourth-order valence-electron chi connectivity index (χ4n) is 1.23. The van der Waals surface area contributed by atoms with Crippen LogP contribution in [0.25, 0.3) is 0 Å². The lowest BCUT2D eigenvalue weighted by molar-refractivity contribution is 0.367. The summed E-state index contributed by atoms with van der Waals surface area (Å²) in [5.41, 5.74) is 0. The van der Waals surface area contributed by atoms with Gasteiger partial charge in [-0.1, -0.05) is 20.8 Å². The maximum absolute atomic E-state index is 8.92. The van der Waals surface area contributed by atoms with E-state index in [1.165, 1.54) is 0 Å². The van der Waals surface area contributed by atoms with Gasteiger partial charge in [0.1, 0.15) is 0 Å². The summed E-state index contributed by atoms with van der Waals surface area (Å²) in [6.45, 7) is 11.2. The summed E-state index contributed by atoms with van der Waals surface area (Å²) in [5, 5.41) is 9.22. The van der Waals surface area contributed by atoms with Crippen LogP contribution in [-0.4, -0.2) is 19.3 Å². The summed E-state index contributed by atoms with van der Waals surface area (Å²) in [6.07, 6.45) is 2.91. The number of nitrogens with zero attached hydrogens (tertiary/aromatic N) is 1. The van der Waals surface area contributed by atoms with Crippen molar-refractivity contribution in [2.75, 3.05) is 5.75 Å². The van der Waals surface area contributed by atoms with E-state index in [0.29, 0.717) is 0 Å². The van der Waals surface area contributed by atoms with Crippen LogP contribution in [-0.2, 0) is 4.43 Å². The lowest BCUT2D eigenvalue weighted by Crippen LogP contribution is -2.40. The van der Waals surface area contributed by atoms with Crippen LogP contribution in [0.15, 0.2) is 11.8 Å². The van der Waals surface area contributed by atoms with Crippen molar-refractivity contribution in [2.24, 2.45) is 0 Å². The first-order valence-corrected chi connectivity index (χ1v) is 9.61. The van der Waals surface area contributed by atoms with Gasteiger partial charge in [-0.15, -0.1) is 11.8 Å². The molecule has 0 aliphatic carbocycles. The first kappa shape index (κ1) is 13.7. The highest BCUT2D eigenvalue weighted by atomic mass is 32.2. The fraction of sp³-hybridized carbons (Fsp3) is 0.750. The molecule has 1 atom stereocenters. The van der Waals surface area contributed by atoms with Gasteiger partial charge in [-0.3, -0.25) is 0 Å². The van der Waals surface area contributed by atoms with Gasteiger partial charge in [-0.05, 0) is 24.2 Å². The predicted octanol–water partition coefficient (Wildman–Crippen LogP) is 3.92. The minimum absolute atomic E-state index is 0.0739. The smallest absolute Gasteiger partial charge is 0.250 e. The minimum atomic E-state index is -1.72. The van der Waals surface area contributed by atoms with Crippen molar-refractivity contribution in [1.29, 1.82) is 5.26 Å². The standard InChI is InChI=1S/C12H21NOSSi/c1-12(2,3)16(4,5)14-10-6-7-15-11(8-10)9-13/h6,11H,7-8H2,1-5H3. The van der Waals surface area contributed by atoms with Gasteiger partial charge in [0.05, 0.1) is 17.1 Å². The molecule has 0 amide bonds. The SMILES string of the molecule is CC(C)(C)[Si](C)(C)OC1=CCSC(C#N)C1.